The minimum absolute atomic E-state index is 0.489. The van der Waals surface area contributed by atoms with E-state index in [9.17, 15) is 0 Å². The summed E-state index contributed by atoms with van der Waals surface area (Å²) >= 11 is 0. The third-order valence-corrected chi connectivity index (χ3v) is 2.78. The first-order valence-corrected chi connectivity index (χ1v) is 5.64. The van der Waals surface area contributed by atoms with Gasteiger partial charge in [-0.15, -0.1) is 12.3 Å². The van der Waals surface area contributed by atoms with Gasteiger partial charge >= 0.3 is 0 Å². The minimum atomic E-state index is 0.489. The molecule has 1 saturated heterocycles. The number of ether oxygens (including phenoxy) is 1. The maximum absolute atomic E-state index is 5.42. The fourth-order valence-corrected chi connectivity index (χ4v) is 1.87. The highest BCUT2D eigenvalue weighted by Gasteiger charge is 2.15. The van der Waals surface area contributed by atoms with Crippen molar-refractivity contribution in [2.45, 2.75) is 51.1 Å². The van der Waals surface area contributed by atoms with Crippen LogP contribution in [-0.2, 0) is 4.74 Å². The van der Waals surface area contributed by atoms with E-state index in [1.165, 1.54) is 12.8 Å². The largest absolute Gasteiger partial charge is 0.381 e. The smallest absolute Gasteiger partial charge is 0.0480 e. The van der Waals surface area contributed by atoms with Crippen LogP contribution in [0.15, 0.2) is 0 Å². The highest BCUT2D eigenvalue weighted by Crippen LogP contribution is 2.10. The van der Waals surface area contributed by atoms with Gasteiger partial charge in [0.2, 0.25) is 0 Å². The summed E-state index contributed by atoms with van der Waals surface area (Å²) in [6.45, 7) is 4.00. The van der Waals surface area contributed by atoms with Crippen LogP contribution >= 0.6 is 0 Å². The molecule has 2 heteroatoms. The predicted molar refractivity (Wildman–Crippen MR) is 59.1 cm³/mol. The third kappa shape index (κ3) is 4.13. The molecule has 1 rings (SSSR count). The summed E-state index contributed by atoms with van der Waals surface area (Å²) in [5.41, 5.74) is 0. The minimum Gasteiger partial charge on any atom is -0.381 e. The Balaban J connectivity index is 2.28. The van der Waals surface area contributed by atoms with Crippen LogP contribution in [0.25, 0.3) is 0 Å². The normalized spacial score (nSPS) is 25.0. The van der Waals surface area contributed by atoms with Crippen LogP contribution in [0.1, 0.15) is 39.0 Å². The highest BCUT2D eigenvalue weighted by molar-refractivity contribution is 4.90. The number of hydrogen-bond acceptors (Lipinski definition) is 2. The molecule has 1 fully saturated rings. The lowest BCUT2D eigenvalue weighted by atomic mass is 10.1. The standard InChI is InChI=1S/C12H21NO/c1-3-6-11(4-2)13-12-7-5-9-14-10-8-12/h1,11-13H,4-10H2,2H3. The molecular formula is C12H21NO. The topological polar surface area (TPSA) is 21.3 Å². The Bertz CT molecular complexity index is 177. The molecule has 2 nitrogen and oxygen atoms in total. The van der Waals surface area contributed by atoms with Crippen molar-refractivity contribution in [3.05, 3.63) is 0 Å². The molecule has 1 aliphatic heterocycles. The van der Waals surface area contributed by atoms with E-state index in [-0.39, 0.29) is 0 Å². The average Bonchev–Trinajstić information content (AvgIpc) is 2.45. The quantitative estimate of drug-likeness (QED) is 0.692. The van der Waals surface area contributed by atoms with E-state index in [1.807, 2.05) is 0 Å². The molecule has 1 heterocycles. The second-order valence-electron chi connectivity index (χ2n) is 3.92. The van der Waals surface area contributed by atoms with Gasteiger partial charge in [0, 0.05) is 31.7 Å². The second-order valence-corrected chi connectivity index (χ2v) is 3.92. The SMILES string of the molecule is C#CCC(CC)NC1CCCOCC1. The lowest BCUT2D eigenvalue weighted by molar-refractivity contribution is 0.142. The lowest BCUT2D eigenvalue weighted by Crippen LogP contribution is -2.37. The van der Waals surface area contributed by atoms with Gasteiger partial charge in [0.25, 0.3) is 0 Å². The van der Waals surface area contributed by atoms with Crippen LogP contribution < -0.4 is 5.32 Å². The van der Waals surface area contributed by atoms with E-state index in [4.69, 9.17) is 11.2 Å². The first kappa shape index (κ1) is 11.6. The number of nitrogens with one attached hydrogen (secondary N) is 1. The van der Waals surface area contributed by atoms with Crippen LogP contribution in [-0.4, -0.2) is 25.3 Å². The van der Waals surface area contributed by atoms with Gasteiger partial charge in [0.15, 0.2) is 0 Å². The van der Waals surface area contributed by atoms with E-state index in [1.54, 1.807) is 0 Å². The number of hydrogen-bond donors (Lipinski definition) is 1. The van der Waals surface area contributed by atoms with Gasteiger partial charge < -0.3 is 10.1 Å². The maximum atomic E-state index is 5.42. The Morgan fingerprint density at radius 1 is 1.50 bits per heavy atom. The molecule has 0 aliphatic carbocycles. The first-order valence-electron chi connectivity index (χ1n) is 5.64. The van der Waals surface area contributed by atoms with Crippen molar-refractivity contribution in [3.8, 4) is 12.3 Å². The molecule has 0 spiro atoms. The van der Waals surface area contributed by atoms with Gasteiger partial charge in [-0.1, -0.05) is 6.92 Å². The summed E-state index contributed by atoms with van der Waals surface area (Å²) in [4.78, 5) is 0. The summed E-state index contributed by atoms with van der Waals surface area (Å²) in [6, 6.07) is 1.10. The van der Waals surface area contributed by atoms with Crippen molar-refractivity contribution >= 4 is 0 Å². The van der Waals surface area contributed by atoms with Gasteiger partial charge in [-0.2, -0.15) is 0 Å². The Morgan fingerprint density at radius 3 is 3.07 bits per heavy atom. The summed E-state index contributed by atoms with van der Waals surface area (Å²) in [7, 11) is 0. The summed E-state index contributed by atoms with van der Waals surface area (Å²) < 4.78 is 5.42. The molecule has 2 atom stereocenters. The Kier molecular flexibility index (Phi) is 5.66. The molecule has 0 aromatic heterocycles. The molecule has 0 bridgehead atoms. The average molecular weight is 195 g/mol. The van der Waals surface area contributed by atoms with Crippen molar-refractivity contribution in [1.29, 1.82) is 0 Å². The van der Waals surface area contributed by atoms with Crippen molar-refractivity contribution in [2.24, 2.45) is 0 Å². The zero-order valence-electron chi connectivity index (χ0n) is 9.09. The molecule has 14 heavy (non-hydrogen) atoms. The maximum Gasteiger partial charge on any atom is 0.0480 e. The number of terminal acetylenes is 1. The van der Waals surface area contributed by atoms with Crippen LogP contribution in [0.3, 0.4) is 0 Å². The Hall–Kier alpha value is -0.520. The molecule has 0 saturated carbocycles. The third-order valence-electron chi connectivity index (χ3n) is 2.78. The molecule has 0 radical (unpaired) electrons. The number of rotatable bonds is 4. The van der Waals surface area contributed by atoms with E-state index in [0.29, 0.717) is 12.1 Å². The molecule has 0 aromatic rings. The zero-order valence-corrected chi connectivity index (χ0v) is 9.09. The van der Waals surface area contributed by atoms with Gasteiger partial charge in [-0.05, 0) is 25.7 Å². The van der Waals surface area contributed by atoms with E-state index in [2.05, 4.69) is 18.2 Å². The van der Waals surface area contributed by atoms with Crippen LogP contribution in [0, 0.1) is 12.3 Å². The summed E-state index contributed by atoms with van der Waals surface area (Å²) in [5, 5.41) is 3.62. The Morgan fingerprint density at radius 2 is 2.36 bits per heavy atom. The first-order chi connectivity index (χ1) is 6.86. The summed E-state index contributed by atoms with van der Waals surface area (Å²) in [5.74, 6) is 2.73. The Labute approximate surface area is 87.4 Å². The monoisotopic (exact) mass is 195 g/mol. The van der Waals surface area contributed by atoms with Gasteiger partial charge in [-0.3, -0.25) is 0 Å². The van der Waals surface area contributed by atoms with Crippen molar-refractivity contribution in [2.75, 3.05) is 13.2 Å². The van der Waals surface area contributed by atoms with Crippen LogP contribution in [0.2, 0.25) is 0 Å². The van der Waals surface area contributed by atoms with Crippen LogP contribution in [0.5, 0.6) is 0 Å². The fraction of sp³-hybridized carbons (Fsp3) is 0.833. The molecule has 0 amide bonds. The van der Waals surface area contributed by atoms with Gasteiger partial charge in [0.1, 0.15) is 0 Å². The van der Waals surface area contributed by atoms with Gasteiger partial charge in [-0.25, -0.2) is 0 Å². The molecule has 2 unspecified atom stereocenters. The van der Waals surface area contributed by atoms with Gasteiger partial charge in [0.05, 0.1) is 0 Å². The van der Waals surface area contributed by atoms with Crippen molar-refractivity contribution < 1.29 is 4.74 Å². The molecule has 1 N–H and O–H groups in total. The molecule has 1 aliphatic rings. The highest BCUT2D eigenvalue weighted by atomic mass is 16.5. The second kappa shape index (κ2) is 6.86. The lowest BCUT2D eigenvalue weighted by Gasteiger charge is -2.22. The van der Waals surface area contributed by atoms with Crippen molar-refractivity contribution in [3.63, 3.8) is 0 Å². The summed E-state index contributed by atoms with van der Waals surface area (Å²) in [6.07, 6.45) is 10.8. The van der Waals surface area contributed by atoms with Crippen molar-refractivity contribution in [1.82, 2.24) is 5.32 Å². The predicted octanol–water partition coefficient (Wildman–Crippen LogP) is 1.95. The molecular weight excluding hydrogens is 174 g/mol. The molecule has 0 aromatic carbocycles. The van der Waals surface area contributed by atoms with Crippen LogP contribution in [0.4, 0.5) is 0 Å². The van der Waals surface area contributed by atoms with E-state index >= 15 is 0 Å². The fourth-order valence-electron chi connectivity index (χ4n) is 1.87. The van der Waals surface area contributed by atoms with E-state index in [0.717, 1.165) is 32.5 Å². The zero-order chi connectivity index (χ0) is 10.2. The molecule has 80 valence electrons. The van der Waals surface area contributed by atoms with E-state index < -0.39 is 0 Å².